The predicted octanol–water partition coefficient (Wildman–Crippen LogP) is 3.79. The number of fused-ring (bicyclic) bond motifs is 1. The van der Waals surface area contributed by atoms with Crippen molar-refractivity contribution in [3.05, 3.63) is 57.6 Å². The monoisotopic (exact) mass is 428 g/mol. The summed E-state index contributed by atoms with van der Waals surface area (Å²) < 4.78 is 49.1. The molecule has 7 nitrogen and oxygen atoms in total. The van der Waals surface area contributed by atoms with E-state index in [0.717, 1.165) is 29.5 Å². The molecule has 0 saturated carbocycles. The predicted molar refractivity (Wildman–Crippen MR) is 98.1 cm³/mol. The van der Waals surface area contributed by atoms with Crippen LogP contribution in [0.5, 0.6) is 11.5 Å². The smallest absolute Gasteiger partial charge is 0.416 e. The van der Waals surface area contributed by atoms with Gasteiger partial charge in [0.25, 0.3) is 5.69 Å². The third kappa shape index (κ3) is 5.31. The zero-order chi connectivity index (χ0) is 21.0. The zero-order valence-corrected chi connectivity index (χ0v) is 15.6. The molecule has 0 bridgehead atoms. The number of ether oxygens (including phenoxy) is 2. The van der Waals surface area contributed by atoms with Crippen molar-refractivity contribution in [2.45, 2.75) is 17.6 Å². The Morgan fingerprint density at radius 1 is 1.14 bits per heavy atom. The molecule has 2 aromatic carbocycles. The van der Waals surface area contributed by atoms with E-state index in [2.05, 4.69) is 5.32 Å². The summed E-state index contributed by atoms with van der Waals surface area (Å²) in [5.41, 5.74) is -1.03. The molecule has 11 heteroatoms. The fourth-order valence-electron chi connectivity index (χ4n) is 2.55. The van der Waals surface area contributed by atoms with Gasteiger partial charge >= 0.3 is 6.18 Å². The van der Waals surface area contributed by atoms with Crippen LogP contribution in [-0.2, 0) is 17.5 Å². The molecule has 154 valence electrons. The van der Waals surface area contributed by atoms with Crippen molar-refractivity contribution in [3.8, 4) is 11.5 Å². The maximum absolute atomic E-state index is 12.7. The SMILES string of the molecule is O=C(CSc1ccc(C(F)(F)F)cc1[N+](=O)[O-])NCc1ccc2c(c1)OCCO2. The molecular formula is C18H15F3N2O5S. The molecule has 0 atom stereocenters. The first-order valence-electron chi connectivity index (χ1n) is 8.37. The van der Waals surface area contributed by atoms with Crippen LogP contribution >= 0.6 is 11.8 Å². The summed E-state index contributed by atoms with van der Waals surface area (Å²) in [6, 6.07) is 7.46. The van der Waals surface area contributed by atoms with Gasteiger partial charge in [0.15, 0.2) is 11.5 Å². The number of nitro benzene ring substituents is 1. The lowest BCUT2D eigenvalue weighted by molar-refractivity contribution is -0.388. The van der Waals surface area contributed by atoms with Crippen molar-refractivity contribution in [1.82, 2.24) is 5.32 Å². The van der Waals surface area contributed by atoms with E-state index < -0.39 is 28.3 Å². The number of carbonyl (C=O) groups is 1. The molecule has 2 aromatic rings. The van der Waals surface area contributed by atoms with Crippen LogP contribution < -0.4 is 14.8 Å². The number of nitro groups is 1. The topological polar surface area (TPSA) is 90.7 Å². The number of hydrogen-bond donors (Lipinski definition) is 1. The molecule has 1 N–H and O–H groups in total. The standard InChI is InChI=1S/C18H15F3N2O5S/c19-18(20,21)12-2-4-16(13(8-12)23(25)26)29-10-17(24)22-9-11-1-3-14-15(7-11)28-6-5-27-14/h1-4,7-8H,5-6,9-10H2,(H,22,24). The summed E-state index contributed by atoms with van der Waals surface area (Å²) in [6.45, 7) is 1.10. The number of benzene rings is 2. The van der Waals surface area contributed by atoms with Crippen LogP contribution in [0.25, 0.3) is 0 Å². The normalized spacial score (nSPS) is 13.1. The van der Waals surface area contributed by atoms with E-state index in [1.54, 1.807) is 18.2 Å². The highest BCUT2D eigenvalue weighted by Gasteiger charge is 2.33. The van der Waals surface area contributed by atoms with Crippen LogP contribution in [0.1, 0.15) is 11.1 Å². The summed E-state index contributed by atoms with van der Waals surface area (Å²) in [5, 5.41) is 13.7. The molecular weight excluding hydrogens is 413 g/mol. The Kier molecular flexibility index (Phi) is 6.16. The summed E-state index contributed by atoms with van der Waals surface area (Å²) in [5.74, 6) is 0.602. The molecule has 0 fully saturated rings. The van der Waals surface area contributed by atoms with Crippen LogP contribution in [0, 0.1) is 10.1 Å². The fourth-order valence-corrected chi connectivity index (χ4v) is 3.39. The molecule has 0 saturated heterocycles. The molecule has 3 rings (SSSR count). The van der Waals surface area contributed by atoms with Gasteiger partial charge in [-0.2, -0.15) is 13.2 Å². The Balaban J connectivity index is 1.58. The van der Waals surface area contributed by atoms with Crippen molar-refractivity contribution in [1.29, 1.82) is 0 Å². The highest BCUT2D eigenvalue weighted by Crippen LogP contribution is 2.36. The maximum Gasteiger partial charge on any atom is 0.416 e. The Bertz CT molecular complexity index is 936. The lowest BCUT2D eigenvalue weighted by atomic mass is 10.2. The summed E-state index contributed by atoms with van der Waals surface area (Å²) in [4.78, 5) is 22.2. The average Bonchev–Trinajstić information content (AvgIpc) is 2.69. The number of carbonyl (C=O) groups excluding carboxylic acids is 1. The number of rotatable bonds is 6. The quantitative estimate of drug-likeness (QED) is 0.428. The number of thioether (sulfide) groups is 1. The van der Waals surface area contributed by atoms with Gasteiger partial charge in [0.05, 0.1) is 21.1 Å². The largest absolute Gasteiger partial charge is 0.486 e. The maximum atomic E-state index is 12.7. The van der Waals surface area contributed by atoms with E-state index in [4.69, 9.17) is 9.47 Å². The van der Waals surface area contributed by atoms with Crippen molar-refractivity contribution >= 4 is 23.4 Å². The van der Waals surface area contributed by atoms with Gasteiger partial charge in [-0.3, -0.25) is 14.9 Å². The van der Waals surface area contributed by atoms with Gasteiger partial charge in [-0.15, -0.1) is 11.8 Å². The second-order valence-electron chi connectivity index (χ2n) is 5.98. The lowest BCUT2D eigenvalue weighted by Gasteiger charge is -2.19. The van der Waals surface area contributed by atoms with Gasteiger partial charge in [-0.1, -0.05) is 6.07 Å². The second kappa shape index (κ2) is 8.60. The summed E-state index contributed by atoms with van der Waals surface area (Å²) in [7, 11) is 0. The Morgan fingerprint density at radius 2 is 1.86 bits per heavy atom. The minimum absolute atomic E-state index is 0.0162. The Morgan fingerprint density at radius 3 is 2.55 bits per heavy atom. The van der Waals surface area contributed by atoms with E-state index in [1.807, 2.05) is 0 Å². The molecule has 1 heterocycles. The number of alkyl halides is 3. The highest BCUT2D eigenvalue weighted by molar-refractivity contribution is 8.00. The molecule has 1 amide bonds. The van der Waals surface area contributed by atoms with Crippen molar-refractivity contribution < 1.29 is 32.4 Å². The van der Waals surface area contributed by atoms with Gasteiger partial charge in [0.1, 0.15) is 13.2 Å². The van der Waals surface area contributed by atoms with E-state index >= 15 is 0 Å². The first-order valence-corrected chi connectivity index (χ1v) is 9.36. The van der Waals surface area contributed by atoms with E-state index in [1.165, 1.54) is 0 Å². The Labute approximate surface area is 167 Å². The van der Waals surface area contributed by atoms with Gasteiger partial charge in [0, 0.05) is 12.6 Å². The van der Waals surface area contributed by atoms with Crippen LogP contribution in [-0.4, -0.2) is 29.8 Å². The van der Waals surface area contributed by atoms with E-state index in [9.17, 15) is 28.1 Å². The van der Waals surface area contributed by atoms with Gasteiger partial charge in [-0.25, -0.2) is 0 Å². The zero-order valence-electron chi connectivity index (χ0n) is 14.8. The number of halogens is 3. The number of hydrogen-bond acceptors (Lipinski definition) is 6. The van der Waals surface area contributed by atoms with Crippen LogP contribution in [0.2, 0.25) is 0 Å². The average molecular weight is 428 g/mol. The van der Waals surface area contributed by atoms with Gasteiger partial charge in [0.2, 0.25) is 5.91 Å². The molecule has 29 heavy (non-hydrogen) atoms. The molecule has 0 aromatic heterocycles. The number of nitrogens with one attached hydrogen (secondary N) is 1. The Hall–Kier alpha value is -2.95. The fraction of sp³-hybridized carbons (Fsp3) is 0.278. The minimum atomic E-state index is -4.69. The first-order chi connectivity index (χ1) is 13.7. The molecule has 0 radical (unpaired) electrons. The summed E-state index contributed by atoms with van der Waals surface area (Å²) >= 11 is 0.795. The third-order valence-corrected chi connectivity index (χ3v) is 5.00. The van der Waals surface area contributed by atoms with Crippen molar-refractivity contribution in [2.24, 2.45) is 0 Å². The van der Waals surface area contributed by atoms with Crippen LogP contribution in [0.3, 0.4) is 0 Å². The molecule has 1 aliphatic rings. The molecule has 0 unspecified atom stereocenters. The first kappa shape index (κ1) is 20.8. The second-order valence-corrected chi connectivity index (χ2v) is 7.00. The van der Waals surface area contributed by atoms with Crippen LogP contribution in [0.4, 0.5) is 18.9 Å². The number of nitrogens with zero attached hydrogens (tertiary/aromatic N) is 1. The molecule has 1 aliphatic heterocycles. The van der Waals surface area contributed by atoms with Crippen molar-refractivity contribution in [2.75, 3.05) is 19.0 Å². The highest BCUT2D eigenvalue weighted by atomic mass is 32.2. The van der Waals surface area contributed by atoms with Gasteiger partial charge in [-0.05, 0) is 29.8 Å². The summed E-state index contributed by atoms with van der Waals surface area (Å²) in [6.07, 6.45) is -4.69. The molecule has 0 aliphatic carbocycles. The van der Waals surface area contributed by atoms with E-state index in [0.29, 0.717) is 30.8 Å². The molecule has 0 spiro atoms. The minimum Gasteiger partial charge on any atom is -0.486 e. The van der Waals surface area contributed by atoms with Crippen LogP contribution in [0.15, 0.2) is 41.3 Å². The lowest BCUT2D eigenvalue weighted by Crippen LogP contribution is -2.24. The van der Waals surface area contributed by atoms with E-state index in [-0.39, 0.29) is 17.2 Å². The number of amides is 1. The third-order valence-electron chi connectivity index (χ3n) is 3.94. The van der Waals surface area contributed by atoms with Crippen molar-refractivity contribution in [3.63, 3.8) is 0 Å². The van der Waals surface area contributed by atoms with Gasteiger partial charge < -0.3 is 14.8 Å².